The molecule has 3 aromatic carbocycles. The minimum atomic E-state index is -1.04. The Morgan fingerprint density at radius 2 is 1.69 bits per heavy atom. The Morgan fingerprint density at radius 1 is 1.00 bits per heavy atom. The van der Waals surface area contributed by atoms with Gasteiger partial charge in [0.25, 0.3) is 5.91 Å². The number of nitrogens with two attached hydrogens (primary N) is 1. The van der Waals surface area contributed by atoms with Crippen molar-refractivity contribution in [3.63, 3.8) is 0 Å². The number of carboxylic acid groups (broad SMARTS) is 1. The number of aromatic nitrogens is 2. The molecule has 0 spiro atoms. The highest BCUT2D eigenvalue weighted by atomic mass is 16.4. The van der Waals surface area contributed by atoms with Gasteiger partial charge in [-0.3, -0.25) is 9.59 Å². The molecule has 0 saturated carbocycles. The van der Waals surface area contributed by atoms with Gasteiger partial charge in [-0.15, -0.1) is 0 Å². The maximum Gasteiger partial charge on any atom is 0.320 e. The predicted octanol–water partition coefficient (Wildman–Crippen LogP) is 4.35. The van der Waals surface area contributed by atoms with Gasteiger partial charge in [-0.2, -0.15) is 0 Å². The molecule has 1 aromatic heterocycles. The molecular weight excluding hydrogens is 440 g/mol. The lowest BCUT2D eigenvalue weighted by atomic mass is 9.87. The van der Waals surface area contributed by atoms with E-state index in [-0.39, 0.29) is 18.2 Å². The van der Waals surface area contributed by atoms with Crippen LogP contribution in [0.3, 0.4) is 0 Å². The number of aliphatic carboxylic acids is 1. The van der Waals surface area contributed by atoms with Gasteiger partial charge in [-0.05, 0) is 58.9 Å². The summed E-state index contributed by atoms with van der Waals surface area (Å²) in [7, 11) is 0. The fourth-order valence-electron chi connectivity index (χ4n) is 4.21. The molecule has 180 valence electrons. The Hall–Kier alpha value is -3.97. The largest absolute Gasteiger partial charge is 0.480 e. The molecule has 0 bridgehead atoms. The van der Waals surface area contributed by atoms with Gasteiger partial charge in [0.2, 0.25) is 0 Å². The average molecular weight is 471 g/mol. The first-order valence-electron chi connectivity index (χ1n) is 11.7. The highest BCUT2D eigenvalue weighted by Crippen LogP contribution is 2.28. The first-order valence-corrected chi connectivity index (χ1v) is 11.7. The third kappa shape index (κ3) is 5.75. The molecule has 0 aliphatic heterocycles. The lowest BCUT2D eigenvalue weighted by molar-refractivity contribution is -0.138. The van der Waals surface area contributed by atoms with E-state index in [9.17, 15) is 9.59 Å². The first kappa shape index (κ1) is 24.2. The monoisotopic (exact) mass is 470 g/mol. The Labute approximate surface area is 204 Å². The summed E-state index contributed by atoms with van der Waals surface area (Å²) in [6.07, 6.45) is 1.92. The van der Waals surface area contributed by atoms with E-state index in [1.54, 1.807) is 30.6 Å². The zero-order valence-corrected chi connectivity index (χ0v) is 19.9. The summed E-state index contributed by atoms with van der Waals surface area (Å²) in [5, 5.41) is 12.0. The molecule has 2 atom stereocenters. The number of aromatic amines is 1. The number of carbonyl (C=O) groups is 2. The summed E-state index contributed by atoms with van der Waals surface area (Å²) >= 11 is 0. The number of imidazole rings is 1. The van der Waals surface area contributed by atoms with Crippen LogP contribution in [0.5, 0.6) is 0 Å². The van der Waals surface area contributed by atoms with Crippen LogP contribution in [0.15, 0.2) is 73.1 Å². The Kier molecular flexibility index (Phi) is 7.27. The smallest absolute Gasteiger partial charge is 0.320 e. The van der Waals surface area contributed by atoms with Crippen molar-refractivity contribution >= 4 is 22.9 Å². The highest BCUT2D eigenvalue weighted by Gasteiger charge is 2.18. The fraction of sp³-hybridized carbons (Fsp3) is 0.250. The number of nitrogens with zero attached hydrogens (tertiary/aromatic N) is 1. The van der Waals surface area contributed by atoms with Crippen molar-refractivity contribution in [1.82, 2.24) is 15.3 Å². The van der Waals surface area contributed by atoms with Crippen molar-refractivity contribution in [3.05, 3.63) is 89.7 Å². The van der Waals surface area contributed by atoms with E-state index in [2.05, 4.69) is 65.5 Å². The lowest BCUT2D eigenvalue weighted by Crippen LogP contribution is -2.32. The molecule has 1 unspecified atom stereocenters. The summed E-state index contributed by atoms with van der Waals surface area (Å²) in [6, 6.07) is 20.6. The number of hydrogen-bond donors (Lipinski definition) is 4. The topological polar surface area (TPSA) is 121 Å². The molecule has 4 rings (SSSR count). The van der Waals surface area contributed by atoms with E-state index in [0.717, 1.165) is 27.7 Å². The van der Waals surface area contributed by atoms with Gasteiger partial charge in [0.1, 0.15) is 6.04 Å². The number of H-pyrrole nitrogens is 1. The lowest BCUT2D eigenvalue weighted by Gasteiger charge is -2.22. The summed E-state index contributed by atoms with van der Waals surface area (Å²) < 4.78 is 0. The van der Waals surface area contributed by atoms with Crippen molar-refractivity contribution in [2.45, 2.75) is 32.2 Å². The second-order valence-electron chi connectivity index (χ2n) is 9.16. The summed E-state index contributed by atoms with van der Waals surface area (Å²) in [6.45, 7) is 4.82. The molecule has 7 heteroatoms. The van der Waals surface area contributed by atoms with Crippen molar-refractivity contribution in [1.29, 1.82) is 0 Å². The number of benzene rings is 3. The molecule has 0 aliphatic carbocycles. The van der Waals surface area contributed by atoms with Gasteiger partial charge >= 0.3 is 5.97 Å². The SMILES string of the molecule is CC(C)[C@@H](CNC(=O)c1ccc(CC(N)C(=O)O)cc1)c1ccc(-c2ccc3nc[nH]c3c2)cc1. The van der Waals surface area contributed by atoms with E-state index in [4.69, 9.17) is 10.8 Å². The number of nitrogens with one attached hydrogen (secondary N) is 2. The molecule has 0 fully saturated rings. The summed E-state index contributed by atoms with van der Waals surface area (Å²) in [5.41, 5.74) is 12.3. The van der Waals surface area contributed by atoms with Gasteiger partial charge in [-0.1, -0.05) is 56.3 Å². The summed E-state index contributed by atoms with van der Waals surface area (Å²) in [4.78, 5) is 31.1. The number of rotatable bonds is 9. The number of carbonyl (C=O) groups excluding carboxylic acids is 1. The van der Waals surface area contributed by atoms with Gasteiger partial charge in [0.05, 0.1) is 17.4 Å². The molecule has 4 aromatic rings. The first-order chi connectivity index (χ1) is 16.8. The molecule has 1 heterocycles. The Bertz CT molecular complexity index is 1310. The van der Waals surface area contributed by atoms with Crippen LogP contribution in [0.1, 0.15) is 41.3 Å². The van der Waals surface area contributed by atoms with E-state index in [1.165, 1.54) is 5.56 Å². The maximum absolute atomic E-state index is 12.7. The van der Waals surface area contributed by atoms with Crippen LogP contribution in [0.4, 0.5) is 0 Å². The third-order valence-electron chi connectivity index (χ3n) is 6.37. The second-order valence-corrected chi connectivity index (χ2v) is 9.16. The molecule has 7 nitrogen and oxygen atoms in total. The van der Waals surface area contributed by atoms with Crippen molar-refractivity contribution < 1.29 is 14.7 Å². The Balaban J connectivity index is 1.40. The second kappa shape index (κ2) is 10.5. The normalized spacial score (nSPS) is 13.0. The van der Waals surface area contributed by atoms with Gasteiger partial charge in [-0.25, -0.2) is 4.98 Å². The maximum atomic E-state index is 12.7. The van der Waals surface area contributed by atoms with Crippen molar-refractivity contribution in [3.8, 4) is 11.1 Å². The minimum Gasteiger partial charge on any atom is -0.480 e. The minimum absolute atomic E-state index is 0.158. The molecular formula is C28H30N4O3. The van der Waals surface area contributed by atoms with Gasteiger partial charge < -0.3 is 21.1 Å². The quantitative estimate of drug-likeness (QED) is 0.290. The molecule has 35 heavy (non-hydrogen) atoms. The van der Waals surface area contributed by atoms with Crippen LogP contribution in [-0.4, -0.2) is 39.5 Å². The van der Waals surface area contributed by atoms with E-state index in [1.807, 2.05) is 6.07 Å². The number of carboxylic acids is 1. The van der Waals surface area contributed by atoms with Crippen molar-refractivity contribution in [2.75, 3.05) is 6.54 Å². The van der Waals surface area contributed by atoms with Crippen LogP contribution in [-0.2, 0) is 11.2 Å². The number of fused-ring (bicyclic) bond motifs is 1. The van der Waals surface area contributed by atoms with E-state index in [0.29, 0.717) is 18.0 Å². The average Bonchev–Trinajstić information content (AvgIpc) is 3.32. The molecule has 0 radical (unpaired) electrons. The van der Waals surface area contributed by atoms with Gasteiger partial charge in [0.15, 0.2) is 0 Å². The van der Waals surface area contributed by atoms with Crippen LogP contribution < -0.4 is 11.1 Å². The number of hydrogen-bond acceptors (Lipinski definition) is 4. The zero-order chi connectivity index (χ0) is 24.9. The van der Waals surface area contributed by atoms with Gasteiger partial charge in [0, 0.05) is 18.0 Å². The fourth-order valence-corrected chi connectivity index (χ4v) is 4.21. The standard InChI is InChI=1S/C28H30N4O3/c1-17(2)23(15-30-27(33)21-5-3-18(4-6-21)13-24(29)28(34)35)20-9-7-19(8-10-20)22-11-12-25-26(14-22)32-16-31-25/h3-12,14,16-17,23-24H,13,15,29H2,1-2H3,(H,30,33)(H,31,32)(H,34,35)/t23-,24?/m1/s1. The molecule has 5 N–H and O–H groups in total. The predicted molar refractivity (Wildman–Crippen MR) is 137 cm³/mol. The van der Waals surface area contributed by atoms with Crippen LogP contribution in [0.25, 0.3) is 22.2 Å². The van der Waals surface area contributed by atoms with Crippen molar-refractivity contribution in [2.24, 2.45) is 11.7 Å². The van der Waals surface area contributed by atoms with E-state index >= 15 is 0 Å². The molecule has 0 saturated heterocycles. The Morgan fingerprint density at radius 3 is 2.34 bits per heavy atom. The zero-order valence-electron chi connectivity index (χ0n) is 19.9. The van der Waals surface area contributed by atoms with Crippen LogP contribution >= 0.6 is 0 Å². The molecule has 1 amide bonds. The third-order valence-corrected chi connectivity index (χ3v) is 6.37. The van der Waals surface area contributed by atoms with Crippen LogP contribution in [0.2, 0.25) is 0 Å². The summed E-state index contributed by atoms with van der Waals surface area (Å²) in [5.74, 6) is -0.703. The van der Waals surface area contributed by atoms with Crippen LogP contribution in [0, 0.1) is 5.92 Å². The highest BCUT2D eigenvalue weighted by molar-refractivity contribution is 5.94. The molecule has 0 aliphatic rings. The van der Waals surface area contributed by atoms with E-state index < -0.39 is 12.0 Å². The number of amides is 1.